The molecule has 2 rings (SSSR count). The highest BCUT2D eigenvalue weighted by atomic mass is 32.2. The first kappa shape index (κ1) is 12.1. The van der Waals surface area contributed by atoms with E-state index in [0.717, 1.165) is 16.5 Å². The van der Waals surface area contributed by atoms with Crippen molar-refractivity contribution in [3.8, 4) is 0 Å². The van der Waals surface area contributed by atoms with Gasteiger partial charge in [-0.15, -0.1) is 11.8 Å². The molecule has 16 heavy (non-hydrogen) atoms. The van der Waals surface area contributed by atoms with E-state index in [2.05, 4.69) is 41.1 Å². The number of pyridine rings is 1. The molecule has 1 aliphatic rings. The molecule has 1 aliphatic heterocycles. The Kier molecular flexibility index (Phi) is 4.85. The molecule has 0 atom stereocenters. The quantitative estimate of drug-likeness (QED) is 0.831. The van der Waals surface area contributed by atoms with Crippen LogP contribution in [0.3, 0.4) is 0 Å². The summed E-state index contributed by atoms with van der Waals surface area (Å²) >= 11 is 3.85. The van der Waals surface area contributed by atoms with Gasteiger partial charge in [-0.25, -0.2) is 4.98 Å². The Morgan fingerprint density at radius 3 is 2.88 bits per heavy atom. The number of nitrogens with zero attached hydrogens (tertiary/aromatic N) is 1. The lowest BCUT2D eigenvalue weighted by Gasteiger charge is -2.23. The molecule has 88 valence electrons. The molecule has 1 saturated heterocycles. The summed E-state index contributed by atoms with van der Waals surface area (Å²) < 4.78 is 0. The summed E-state index contributed by atoms with van der Waals surface area (Å²) in [4.78, 5) is 4.43. The number of thioether (sulfide) groups is 2. The number of anilines is 1. The Morgan fingerprint density at radius 2 is 2.25 bits per heavy atom. The average molecular weight is 254 g/mol. The topological polar surface area (TPSA) is 24.9 Å². The van der Waals surface area contributed by atoms with Crippen LogP contribution in [-0.4, -0.2) is 28.3 Å². The molecule has 0 saturated carbocycles. The number of hydrogen-bond donors (Lipinski definition) is 1. The maximum atomic E-state index is 4.43. The van der Waals surface area contributed by atoms with Gasteiger partial charge >= 0.3 is 0 Å². The molecule has 1 aromatic rings. The van der Waals surface area contributed by atoms with Crippen molar-refractivity contribution in [2.24, 2.45) is 0 Å². The van der Waals surface area contributed by atoms with Crippen molar-refractivity contribution in [3.05, 3.63) is 18.3 Å². The summed E-state index contributed by atoms with van der Waals surface area (Å²) in [5.74, 6) is 3.66. The van der Waals surface area contributed by atoms with Crippen molar-refractivity contribution in [1.82, 2.24) is 4.98 Å². The Balaban J connectivity index is 1.88. The zero-order chi connectivity index (χ0) is 11.2. The Hall–Kier alpha value is -0.350. The third-order valence-electron chi connectivity index (χ3n) is 2.62. The van der Waals surface area contributed by atoms with E-state index in [1.54, 1.807) is 11.8 Å². The standard InChI is InChI=1S/C12H18N2S2/c1-2-16-12-4-3-11(9-13-12)14-10-5-7-15-8-6-10/h3-4,9-10,14H,2,5-8H2,1H3. The van der Waals surface area contributed by atoms with Gasteiger partial charge in [0.25, 0.3) is 0 Å². The molecule has 0 aliphatic carbocycles. The van der Waals surface area contributed by atoms with Crippen molar-refractivity contribution < 1.29 is 0 Å². The number of aromatic nitrogens is 1. The first-order chi connectivity index (χ1) is 7.88. The second kappa shape index (κ2) is 6.40. The highest BCUT2D eigenvalue weighted by molar-refractivity contribution is 7.99. The summed E-state index contributed by atoms with van der Waals surface area (Å²) in [6.45, 7) is 2.15. The van der Waals surface area contributed by atoms with Gasteiger partial charge in [0.05, 0.1) is 16.9 Å². The minimum absolute atomic E-state index is 0.646. The first-order valence-corrected chi connectivity index (χ1v) is 7.95. The lowest BCUT2D eigenvalue weighted by atomic mass is 10.1. The van der Waals surface area contributed by atoms with Gasteiger partial charge in [-0.3, -0.25) is 0 Å². The van der Waals surface area contributed by atoms with Crippen molar-refractivity contribution in [2.45, 2.75) is 30.8 Å². The molecule has 2 nitrogen and oxygen atoms in total. The van der Waals surface area contributed by atoms with Crippen LogP contribution in [0.5, 0.6) is 0 Å². The molecule has 0 spiro atoms. The summed E-state index contributed by atoms with van der Waals surface area (Å²) in [5, 5.41) is 4.68. The Labute approximate surface area is 106 Å². The molecule has 4 heteroatoms. The molecule has 0 aromatic carbocycles. The zero-order valence-corrected chi connectivity index (χ0v) is 11.2. The van der Waals surface area contributed by atoms with E-state index in [4.69, 9.17) is 0 Å². The fourth-order valence-corrected chi connectivity index (χ4v) is 3.47. The van der Waals surface area contributed by atoms with E-state index >= 15 is 0 Å². The normalized spacial score (nSPS) is 17.3. The van der Waals surface area contributed by atoms with Crippen molar-refractivity contribution in [2.75, 3.05) is 22.6 Å². The van der Waals surface area contributed by atoms with Gasteiger partial charge in [0.15, 0.2) is 0 Å². The molecule has 1 aromatic heterocycles. The maximum absolute atomic E-state index is 4.43. The number of nitrogens with one attached hydrogen (secondary N) is 1. The molecule has 0 amide bonds. The van der Waals surface area contributed by atoms with Crippen LogP contribution >= 0.6 is 23.5 Å². The van der Waals surface area contributed by atoms with E-state index in [0.29, 0.717) is 6.04 Å². The fourth-order valence-electron chi connectivity index (χ4n) is 1.78. The van der Waals surface area contributed by atoms with Gasteiger partial charge in [-0.2, -0.15) is 11.8 Å². The largest absolute Gasteiger partial charge is 0.381 e. The summed E-state index contributed by atoms with van der Waals surface area (Å²) in [5.41, 5.74) is 1.16. The second-order valence-electron chi connectivity index (χ2n) is 3.85. The van der Waals surface area contributed by atoms with E-state index in [1.807, 2.05) is 6.20 Å². The molecule has 0 radical (unpaired) electrons. The summed E-state index contributed by atoms with van der Waals surface area (Å²) in [6, 6.07) is 4.90. The van der Waals surface area contributed by atoms with Crippen LogP contribution < -0.4 is 5.32 Å². The van der Waals surface area contributed by atoms with Crippen LogP contribution in [0.1, 0.15) is 19.8 Å². The first-order valence-electron chi connectivity index (χ1n) is 5.81. The Morgan fingerprint density at radius 1 is 1.44 bits per heavy atom. The Bertz CT molecular complexity index is 307. The number of hydrogen-bond acceptors (Lipinski definition) is 4. The second-order valence-corrected chi connectivity index (χ2v) is 6.36. The van der Waals surface area contributed by atoms with Crippen molar-refractivity contribution in [3.63, 3.8) is 0 Å². The zero-order valence-electron chi connectivity index (χ0n) is 9.61. The molecule has 0 bridgehead atoms. The fraction of sp³-hybridized carbons (Fsp3) is 0.583. The van der Waals surface area contributed by atoms with Gasteiger partial charge in [-0.05, 0) is 42.2 Å². The van der Waals surface area contributed by atoms with E-state index in [9.17, 15) is 0 Å². The smallest absolute Gasteiger partial charge is 0.0961 e. The van der Waals surface area contributed by atoms with Crippen LogP contribution in [0.15, 0.2) is 23.4 Å². The average Bonchev–Trinajstić information content (AvgIpc) is 2.33. The van der Waals surface area contributed by atoms with Gasteiger partial charge in [0.1, 0.15) is 0 Å². The van der Waals surface area contributed by atoms with Gasteiger partial charge in [0, 0.05) is 6.04 Å². The van der Waals surface area contributed by atoms with Crippen molar-refractivity contribution in [1.29, 1.82) is 0 Å². The minimum Gasteiger partial charge on any atom is -0.381 e. The van der Waals surface area contributed by atoms with Crippen LogP contribution in [-0.2, 0) is 0 Å². The van der Waals surface area contributed by atoms with E-state index in [1.165, 1.54) is 24.3 Å². The third-order valence-corrected chi connectivity index (χ3v) is 4.50. The van der Waals surface area contributed by atoms with E-state index < -0.39 is 0 Å². The lowest BCUT2D eigenvalue weighted by molar-refractivity contribution is 0.666. The number of rotatable bonds is 4. The highest BCUT2D eigenvalue weighted by Crippen LogP contribution is 2.22. The predicted molar refractivity (Wildman–Crippen MR) is 74.6 cm³/mol. The minimum atomic E-state index is 0.646. The van der Waals surface area contributed by atoms with Gasteiger partial charge < -0.3 is 5.32 Å². The molecule has 2 heterocycles. The van der Waals surface area contributed by atoms with E-state index in [-0.39, 0.29) is 0 Å². The van der Waals surface area contributed by atoms with Crippen LogP contribution in [0.25, 0.3) is 0 Å². The van der Waals surface area contributed by atoms with Crippen molar-refractivity contribution >= 4 is 29.2 Å². The molecular formula is C12H18N2S2. The van der Waals surface area contributed by atoms with Crippen LogP contribution in [0.2, 0.25) is 0 Å². The van der Waals surface area contributed by atoms with Crippen LogP contribution in [0.4, 0.5) is 5.69 Å². The van der Waals surface area contributed by atoms with Gasteiger partial charge in [0.2, 0.25) is 0 Å². The maximum Gasteiger partial charge on any atom is 0.0961 e. The molecule has 1 fully saturated rings. The third kappa shape index (κ3) is 3.59. The lowest BCUT2D eigenvalue weighted by Crippen LogP contribution is -2.24. The molecule has 0 unspecified atom stereocenters. The SMILES string of the molecule is CCSc1ccc(NC2CCSCC2)cn1. The van der Waals surface area contributed by atoms with Gasteiger partial charge in [-0.1, -0.05) is 6.92 Å². The summed E-state index contributed by atoms with van der Waals surface area (Å²) in [6.07, 6.45) is 4.51. The summed E-state index contributed by atoms with van der Waals surface area (Å²) in [7, 11) is 0. The monoisotopic (exact) mass is 254 g/mol. The molecular weight excluding hydrogens is 236 g/mol. The predicted octanol–water partition coefficient (Wildman–Crippen LogP) is 3.50. The van der Waals surface area contributed by atoms with Crippen LogP contribution in [0, 0.1) is 0 Å². The molecule has 1 N–H and O–H groups in total. The highest BCUT2D eigenvalue weighted by Gasteiger charge is 2.12.